The fourth-order valence-electron chi connectivity index (χ4n) is 0.825. The molecule has 0 saturated heterocycles. The lowest BCUT2D eigenvalue weighted by Gasteiger charge is -2.07. The van der Waals surface area contributed by atoms with Crippen LogP contribution in [0.3, 0.4) is 0 Å². The summed E-state index contributed by atoms with van der Waals surface area (Å²) in [5.74, 6) is -1.06. The van der Waals surface area contributed by atoms with Crippen LogP contribution < -0.4 is 5.32 Å². The van der Waals surface area contributed by atoms with E-state index in [4.69, 9.17) is 0 Å². The molecule has 0 aromatic rings. The third-order valence-electron chi connectivity index (χ3n) is 1.61. The van der Waals surface area contributed by atoms with E-state index >= 15 is 0 Å². The van der Waals surface area contributed by atoms with Crippen LogP contribution in [0, 0.1) is 5.92 Å². The first-order chi connectivity index (χ1) is 6.51. The number of hydrogen-bond donors (Lipinski definition) is 1. The molecule has 0 radical (unpaired) electrons. The maximum atomic E-state index is 11.3. The van der Waals surface area contributed by atoms with Crippen LogP contribution in [0.5, 0.6) is 0 Å². The van der Waals surface area contributed by atoms with Gasteiger partial charge in [-0.2, -0.15) is 0 Å². The van der Waals surface area contributed by atoms with Crippen LogP contribution in [-0.4, -0.2) is 41.7 Å². The van der Waals surface area contributed by atoms with Gasteiger partial charge in [-0.3, -0.25) is 13.8 Å². The van der Waals surface area contributed by atoms with Gasteiger partial charge >= 0.3 is 5.97 Å². The van der Waals surface area contributed by atoms with Gasteiger partial charge in [0.15, 0.2) is 0 Å². The summed E-state index contributed by atoms with van der Waals surface area (Å²) >= 11 is 0. The molecule has 1 amide bonds. The highest BCUT2D eigenvalue weighted by molar-refractivity contribution is 7.85. The van der Waals surface area contributed by atoms with E-state index in [-0.39, 0.29) is 17.4 Å². The molecule has 0 saturated carbocycles. The van der Waals surface area contributed by atoms with Gasteiger partial charge in [0.25, 0.3) is 0 Å². The van der Waals surface area contributed by atoms with E-state index in [1.807, 2.05) is 0 Å². The van der Waals surface area contributed by atoms with Crippen molar-refractivity contribution in [3.05, 3.63) is 0 Å². The van der Waals surface area contributed by atoms with Gasteiger partial charge in [0, 0.05) is 23.6 Å². The topological polar surface area (TPSA) is 72.5 Å². The first kappa shape index (κ1) is 13.1. The third-order valence-corrected chi connectivity index (χ3v) is 3.07. The lowest BCUT2D eigenvalue weighted by Crippen LogP contribution is -2.28. The Morgan fingerprint density at radius 3 is 2.50 bits per heavy atom. The monoisotopic (exact) mass is 221 g/mol. The van der Waals surface area contributed by atoms with Gasteiger partial charge in [0.2, 0.25) is 5.91 Å². The molecule has 0 spiro atoms. The first-order valence-corrected chi connectivity index (χ1v) is 5.63. The molecule has 0 aromatic heterocycles. The Balaban J connectivity index is 3.94. The number of hydrogen-bond acceptors (Lipinski definition) is 4. The molecule has 0 aromatic carbocycles. The molecular weight excluding hydrogens is 206 g/mol. The fraction of sp³-hybridized carbons (Fsp3) is 0.750. The maximum absolute atomic E-state index is 11.3. The van der Waals surface area contributed by atoms with Crippen molar-refractivity contribution in [2.75, 3.05) is 25.7 Å². The largest absolute Gasteiger partial charge is 0.469 e. The van der Waals surface area contributed by atoms with E-state index < -0.39 is 22.7 Å². The smallest absolute Gasteiger partial charge is 0.309 e. The fourth-order valence-corrected chi connectivity index (χ4v) is 2.07. The maximum Gasteiger partial charge on any atom is 0.309 e. The first-order valence-electron chi connectivity index (χ1n) is 4.14. The number of ether oxygens (including phenoxy) is 1. The Bertz CT molecular complexity index is 241. The van der Waals surface area contributed by atoms with Crippen molar-refractivity contribution in [3.63, 3.8) is 0 Å². The molecule has 0 bridgehead atoms. The average molecular weight is 221 g/mol. The number of carbonyl (C=O) groups excluding carboxylic acids is 2. The van der Waals surface area contributed by atoms with Crippen molar-refractivity contribution in [1.82, 2.24) is 5.32 Å². The van der Waals surface area contributed by atoms with Crippen LogP contribution in [0.4, 0.5) is 0 Å². The van der Waals surface area contributed by atoms with E-state index in [1.54, 1.807) is 6.92 Å². The van der Waals surface area contributed by atoms with Crippen LogP contribution in [0.1, 0.15) is 6.92 Å². The summed E-state index contributed by atoms with van der Waals surface area (Å²) in [5, 5.41) is 2.36. The zero-order valence-electron chi connectivity index (χ0n) is 8.53. The standard InChI is InChI=1S/C8H15NO4S/c1-6(8(11)13-3)4-14(12)5-7(10)9-2/h6H,4-5H2,1-3H3,(H,9,10). The van der Waals surface area contributed by atoms with Crippen molar-refractivity contribution in [2.45, 2.75) is 6.92 Å². The van der Waals surface area contributed by atoms with E-state index in [1.165, 1.54) is 14.2 Å². The Hall–Kier alpha value is -0.910. The summed E-state index contributed by atoms with van der Waals surface area (Å²) in [4.78, 5) is 21.8. The summed E-state index contributed by atoms with van der Waals surface area (Å²) in [6, 6.07) is 0. The second-order valence-corrected chi connectivity index (χ2v) is 4.35. The van der Waals surface area contributed by atoms with E-state index in [9.17, 15) is 13.8 Å². The second kappa shape index (κ2) is 6.53. The highest BCUT2D eigenvalue weighted by Crippen LogP contribution is 2.00. The highest BCUT2D eigenvalue weighted by Gasteiger charge is 2.17. The number of amides is 1. The van der Waals surface area contributed by atoms with Gasteiger partial charge in [-0.25, -0.2) is 0 Å². The molecule has 5 nitrogen and oxygen atoms in total. The van der Waals surface area contributed by atoms with Gasteiger partial charge < -0.3 is 10.1 Å². The van der Waals surface area contributed by atoms with E-state index in [2.05, 4.69) is 10.1 Å². The minimum Gasteiger partial charge on any atom is -0.469 e. The van der Waals surface area contributed by atoms with Crippen LogP contribution in [0.25, 0.3) is 0 Å². The highest BCUT2D eigenvalue weighted by atomic mass is 32.2. The van der Waals surface area contributed by atoms with Crippen molar-refractivity contribution < 1.29 is 18.5 Å². The third kappa shape index (κ3) is 4.96. The molecule has 0 heterocycles. The summed E-state index contributed by atoms with van der Waals surface area (Å²) in [7, 11) is 1.44. The number of nitrogens with one attached hydrogen (secondary N) is 1. The van der Waals surface area contributed by atoms with Gasteiger partial charge in [-0.15, -0.1) is 0 Å². The summed E-state index contributed by atoms with van der Waals surface area (Å²) < 4.78 is 15.8. The Morgan fingerprint density at radius 1 is 1.50 bits per heavy atom. The van der Waals surface area contributed by atoms with Gasteiger partial charge in [0.05, 0.1) is 13.0 Å². The Morgan fingerprint density at radius 2 is 2.07 bits per heavy atom. The van der Waals surface area contributed by atoms with Crippen LogP contribution in [0.15, 0.2) is 0 Å². The van der Waals surface area contributed by atoms with Gasteiger partial charge in [-0.05, 0) is 0 Å². The molecule has 2 unspecified atom stereocenters. The molecule has 1 N–H and O–H groups in total. The molecule has 0 aliphatic heterocycles. The predicted octanol–water partition coefficient (Wildman–Crippen LogP) is -0.710. The summed E-state index contributed by atoms with van der Waals surface area (Å²) in [5.41, 5.74) is 0. The number of carbonyl (C=O) groups is 2. The van der Waals surface area contributed by atoms with Crippen molar-refractivity contribution in [1.29, 1.82) is 0 Å². The molecule has 0 rings (SSSR count). The van der Waals surface area contributed by atoms with Gasteiger partial charge in [0.1, 0.15) is 5.75 Å². The lowest BCUT2D eigenvalue weighted by molar-refractivity contribution is -0.144. The molecular formula is C8H15NO4S. The zero-order valence-corrected chi connectivity index (χ0v) is 9.35. The van der Waals surface area contributed by atoms with Crippen LogP contribution in [-0.2, 0) is 25.1 Å². The number of rotatable bonds is 5. The molecule has 6 heteroatoms. The molecule has 0 aliphatic carbocycles. The lowest BCUT2D eigenvalue weighted by atomic mass is 10.2. The average Bonchev–Trinajstić information content (AvgIpc) is 2.15. The van der Waals surface area contributed by atoms with E-state index in [0.717, 1.165) is 0 Å². The zero-order chi connectivity index (χ0) is 11.1. The van der Waals surface area contributed by atoms with E-state index in [0.29, 0.717) is 0 Å². The molecule has 82 valence electrons. The second-order valence-electron chi connectivity index (χ2n) is 2.85. The number of methoxy groups -OCH3 is 1. The molecule has 0 aliphatic rings. The Kier molecular flexibility index (Phi) is 6.11. The molecule has 14 heavy (non-hydrogen) atoms. The number of esters is 1. The van der Waals surface area contributed by atoms with Crippen molar-refractivity contribution in [3.8, 4) is 0 Å². The van der Waals surface area contributed by atoms with Crippen LogP contribution in [0.2, 0.25) is 0 Å². The molecule has 0 fully saturated rings. The SMILES string of the molecule is CNC(=O)CS(=O)CC(C)C(=O)OC. The van der Waals surface area contributed by atoms with Crippen molar-refractivity contribution >= 4 is 22.7 Å². The quantitative estimate of drug-likeness (QED) is 0.622. The van der Waals surface area contributed by atoms with Gasteiger partial charge in [-0.1, -0.05) is 6.92 Å². The minimum atomic E-state index is -1.32. The predicted molar refractivity (Wildman–Crippen MR) is 53.1 cm³/mol. The minimum absolute atomic E-state index is 0.0716. The molecule has 2 atom stereocenters. The summed E-state index contributed by atoms with van der Waals surface area (Å²) in [6.07, 6.45) is 0. The van der Waals surface area contributed by atoms with Crippen LogP contribution >= 0.6 is 0 Å². The Labute approximate surface area is 85.7 Å². The van der Waals surface area contributed by atoms with Crippen molar-refractivity contribution in [2.24, 2.45) is 5.92 Å². The summed E-state index contributed by atoms with van der Waals surface area (Å²) in [6.45, 7) is 1.62. The normalized spacial score (nSPS) is 14.2.